The fourth-order valence-electron chi connectivity index (χ4n) is 1.87. The predicted molar refractivity (Wildman–Crippen MR) is 103 cm³/mol. The maximum Gasteiger partial charge on any atom is 0.408 e. The molecule has 2 rings (SSSR count). The molecule has 1 atom stereocenters. The molecule has 2 aromatic rings. The average molecular weight is 470 g/mol. The van der Waals surface area contributed by atoms with Crippen LogP contribution in [0, 0.1) is 10.7 Å². The number of nitrogens with zero attached hydrogens (tertiary/aromatic N) is 2. The van der Waals surface area contributed by atoms with E-state index >= 15 is 0 Å². The standard InChI is InChI=1S/C16H15IN4O3S/c17-9-13(15(22)20-21-8-4-7-14(21)25-11-18)19-16(23)24-10-12-5-2-1-3-6-12/h1-8,13H,9-10H2,(H,19,23)(H,20,22)/t13-/m0/s1. The number of nitrogens with one attached hydrogen (secondary N) is 2. The van der Waals surface area contributed by atoms with Crippen LogP contribution in [-0.4, -0.2) is 27.1 Å². The highest BCUT2D eigenvalue weighted by Crippen LogP contribution is 2.15. The van der Waals surface area contributed by atoms with Gasteiger partial charge in [0.25, 0.3) is 5.91 Å². The van der Waals surface area contributed by atoms with Crippen molar-refractivity contribution in [2.75, 3.05) is 9.85 Å². The number of thiocyanates is 1. The molecule has 7 nitrogen and oxygen atoms in total. The van der Waals surface area contributed by atoms with E-state index in [0.717, 1.165) is 17.3 Å². The lowest BCUT2D eigenvalue weighted by molar-refractivity contribution is -0.118. The molecule has 0 saturated carbocycles. The van der Waals surface area contributed by atoms with Gasteiger partial charge in [0, 0.05) is 22.4 Å². The summed E-state index contributed by atoms with van der Waals surface area (Å²) in [5.41, 5.74) is 3.50. The number of hydrogen-bond acceptors (Lipinski definition) is 5. The Morgan fingerprint density at radius 1 is 1.28 bits per heavy atom. The molecule has 25 heavy (non-hydrogen) atoms. The molecule has 0 saturated heterocycles. The van der Waals surface area contributed by atoms with E-state index in [0.29, 0.717) is 9.45 Å². The van der Waals surface area contributed by atoms with E-state index in [1.165, 1.54) is 4.68 Å². The molecule has 0 aliphatic rings. The van der Waals surface area contributed by atoms with Crippen LogP contribution < -0.4 is 10.7 Å². The summed E-state index contributed by atoms with van der Waals surface area (Å²) in [5.74, 6) is -0.401. The lowest BCUT2D eigenvalue weighted by atomic mass is 10.2. The minimum absolute atomic E-state index is 0.128. The van der Waals surface area contributed by atoms with Crippen LogP contribution in [-0.2, 0) is 16.1 Å². The zero-order valence-corrected chi connectivity index (χ0v) is 16.0. The van der Waals surface area contributed by atoms with Crippen molar-refractivity contribution < 1.29 is 14.3 Å². The van der Waals surface area contributed by atoms with Crippen LogP contribution in [0.1, 0.15) is 5.56 Å². The minimum atomic E-state index is -0.758. The Balaban J connectivity index is 1.87. The number of halogens is 1. The van der Waals surface area contributed by atoms with E-state index in [-0.39, 0.29) is 6.61 Å². The monoisotopic (exact) mass is 470 g/mol. The van der Waals surface area contributed by atoms with Crippen LogP contribution in [0.3, 0.4) is 0 Å². The van der Waals surface area contributed by atoms with Gasteiger partial charge in [-0.2, -0.15) is 5.26 Å². The zero-order valence-electron chi connectivity index (χ0n) is 13.0. The van der Waals surface area contributed by atoms with E-state index < -0.39 is 18.0 Å². The van der Waals surface area contributed by atoms with Crippen molar-refractivity contribution in [1.82, 2.24) is 9.99 Å². The van der Waals surface area contributed by atoms with Crippen molar-refractivity contribution in [3.63, 3.8) is 0 Å². The maximum atomic E-state index is 12.3. The Hall–Kier alpha value is -2.19. The molecule has 1 aromatic heterocycles. The third kappa shape index (κ3) is 5.99. The van der Waals surface area contributed by atoms with Gasteiger partial charge in [0.2, 0.25) is 0 Å². The number of rotatable bonds is 7. The molecule has 130 valence electrons. The number of hydrogen-bond donors (Lipinski definition) is 2. The number of amides is 2. The van der Waals surface area contributed by atoms with E-state index in [1.54, 1.807) is 18.3 Å². The van der Waals surface area contributed by atoms with Gasteiger partial charge in [0.15, 0.2) is 0 Å². The second-order valence-electron chi connectivity index (χ2n) is 4.80. The van der Waals surface area contributed by atoms with Crippen LogP contribution in [0.15, 0.2) is 53.7 Å². The number of nitriles is 1. The fraction of sp³-hybridized carbons (Fsp3) is 0.188. The van der Waals surface area contributed by atoms with Gasteiger partial charge in [-0.25, -0.2) is 4.79 Å². The zero-order chi connectivity index (χ0) is 18.1. The van der Waals surface area contributed by atoms with Gasteiger partial charge in [0.05, 0.1) is 0 Å². The summed E-state index contributed by atoms with van der Waals surface area (Å²) in [5, 5.41) is 13.8. The molecule has 2 amide bonds. The Bertz CT molecular complexity index is 760. The summed E-state index contributed by atoms with van der Waals surface area (Å²) in [6.07, 6.45) is 0.954. The molecule has 0 fully saturated rings. The fourth-order valence-corrected chi connectivity index (χ4v) is 2.93. The topological polar surface area (TPSA) is 96.1 Å². The Labute approximate surface area is 162 Å². The van der Waals surface area contributed by atoms with E-state index in [4.69, 9.17) is 10.00 Å². The number of aromatic nitrogens is 1. The first-order valence-corrected chi connectivity index (χ1v) is 9.55. The lowest BCUT2D eigenvalue weighted by Crippen LogP contribution is -2.47. The molecule has 1 heterocycles. The highest BCUT2D eigenvalue weighted by Gasteiger charge is 2.21. The summed E-state index contributed by atoms with van der Waals surface area (Å²) in [7, 11) is 0. The number of carbonyl (C=O) groups excluding carboxylic acids is 2. The number of ether oxygens (including phenoxy) is 1. The minimum Gasteiger partial charge on any atom is -0.445 e. The van der Waals surface area contributed by atoms with E-state index in [2.05, 4.69) is 10.7 Å². The van der Waals surface area contributed by atoms with E-state index in [9.17, 15) is 9.59 Å². The number of carbonyl (C=O) groups is 2. The van der Waals surface area contributed by atoms with Gasteiger partial charge < -0.3 is 10.1 Å². The molecule has 0 unspecified atom stereocenters. The summed E-state index contributed by atoms with van der Waals surface area (Å²) in [6.45, 7) is 0.128. The normalized spacial score (nSPS) is 11.2. The SMILES string of the molecule is N#CSc1cccn1NC(=O)[C@H](CI)NC(=O)OCc1ccccc1. The summed E-state index contributed by atoms with van der Waals surface area (Å²) in [6, 6.07) is 11.9. The second kappa shape index (κ2) is 9.95. The quantitative estimate of drug-likeness (QED) is 0.281. The second-order valence-corrected chi connectivity index (χ2v) is 6.48. The van der Waals surface area contributed by atoms with Crippen molar-refractivity contribution in [2.24, 2.45) is 0 Å². The first-order chi connectivity index (χ1) is 12.1. The Morgan fingerprint density at radius 2 is 2.04 bits per heavy atom. The number of benzene rings is 1. The molecule has 0 aliphatic carbocycles. The van der Waals surface area contributed by atoms with Crippen molar-refractivity contribution in [2.45, 2.75) is 17.7 Å². The van der Waals surface area contributed by atoms with E-state index in [1.807, 2.05) is 58.3 Å². The first kappa shape index (κ1) is 19.1. The largest absolute Gasteiger partial charge is 0.445 e. The average Bonchev–Trinajstić information content (AvgIpc) is 3.06. The number of thioether (sulfide) groups is 1. The maximum absolute atomic E-state index is 12.3. The van der Waals surface area contributed by atoms with Crippen LogP contribution in [0.4, 0.5) is 4.79 Å². The summed E-state index contributed by atoms with van der Waals surface area (Å²) < 4.78 is 6.92. The molecule has 0 aliphatic heterocycles. The van der Waals surface area contributed by atoms with Crippen molar-refractivity contribution in [3.05, 3.63) is 54.2 Å². The first-order valence-electron chi connectivity index (χ1n) is 7.21. The number of alkyl halides is 1. The molecule has 9 heteroatoms. The van der Waals surface area contributed by atoms with Crippen molar-refractivity contribution >= 4 is 46.4 Å². The van der Waals surface area contributed by atoms with Gasteiger partial charge in [-0.05, 0) is 17.7 Å². The van der Waals surface area contributed by atoms with Crippen molar-refractivity contribution in [3.8, 4) is 5.40 Å². The third-order valence-corrected chi connectivity index (χ3v) is 4.58. The van der Waals surface area contributed by atoms with Gasteiger partial charge in [0.1, 0.15) is 23.1 Å². The van der Waals surface area contributed by atoms with Crippen LogP contribution in [0.2, 0.25) is 0 Å². The van der Waals surface area contributed by atoms with Crippen LogP contribution in [0.25, 0.3) is 0 Å². The van der Waals surface area contributed by atoms with Gasteiger partial charge in [-0.1, -0.05) is 52.9 Å². The molecule has 1 aromatic carbocycles. The van der Waals surface area contributed by atoms with Crippen LogP contribution >= 0.6 is 34.4 Å². The molecular formula is C16H15IN4O3S. The highest BCUT2D eigenvalue weighted by atomic mass is 127. The van der Waals surface area contributed by atoms with Gasteiger partial charge in [-0.15, -0.1) is 0 Å². The third-order valence-electron chi connectivity index (χ3n) is 3.07. The molecule has 2 N–H and O–H groups in total. The molecular weight excluding hydrogens is 455 g/mol. The van der Waals surface area contributed by atoms with Gasteiger partial charge in [-0.3, -0.25) is 14.9 Å². The number of alkyl carbamates (subject to hydrolysis) is 1. The molecule has 0 radical (unpaired) electrons. The lowest BCUT2D eigenvalue weighted by Gasteiger charge is -2.17. The molecule has 0 bridgehead atoms. The van der Waals surface area contributed by atoms with Gasteiger partial charge >= 0.3 is 6.09 Å². The predicted octanol–water partition coefficient (Wildman–Crippen LogP) is 2.86. The van der Waals surface area contributed by atoms with Crippen LogP contribution in [0.5, 0.6) is 0 Å². The Morgan fingerprint density at radius 3 is 2.72 bits per heavy atom. The van der Waals surface area contributed by atoms with Crippen molar-refractivity contribution in [1.29, 1.82) is 5.26 Å². The smallest absolute Gasteiger partial charge is 0.408 e. The molecule has 0 spiro atoms. The highest BCUT2D eigenvalue weighted by molar-refractivity contribution is 14.1. The summed E-state index contributed by atoms with van der Waals surface area (Å²) >= 11 is 2.94. The summed E-state index contributed by atoms with van der Waals surface area (Å²) in [4.78, 5) is 24.2. The Kier molecular flexibility index (Phi) is 7.62.